The molecule has 1 fully saturated rings. The maximum atomic E-state index is 14.2. The molecule has 0 aliphatic heterocycles. The van der Waals surface area contributed by atoms with Crippen LogP contribution in [0.5, 0.6) is 11.5 Å². The Kier molecular flexibility index (Phi) is 10.6. The lowest BCUT2D eigenvalue weighted by Gasteiger charge is -2.34. The van der Waals surface area contributed by atoms with Gasteiger partial charge in [0.2, 0.25) is 21.8 Å². The van der Waals surface area contributed by atoms with Crippen LogP contribution >= 0.6 is 0 Å². The number of hydrogen-bond donors (Lipinski definition) is 1. The highest BCUT2D eigenvalue weighted by Crippen LogP contribution is 2.32. The summed E-state index contributed by atoms with van der Waals surface area (Å²) in [5, 5.41) is 3.12. The first kappa shape index (κ1) is 31.8. The summed E-state index contributed by atoms with van der Waals surface area (Å²) in [5.41, 5.74) is 1.63. The second kappa shape index (κ2) is 14.4. The number of rotatable bonds is 13. The number of ether oxygens (including phenoxy) is 2. The lowest BCUT2D eigenvalue weighted by molar-refractivity contribution is -0.140. The molecule has 3 aromatic rings. The maximum Gasteiger partial charge on any atom is 0.244 e. The van der Waals surface area contributed by atoms with Gasteiger partial charge in [0.05, 0.1) is 26.2 Å². The van der Waals surface area contributed by atoms with E-state index in [9.17, 15) is 22.4 Å². The molecule has 0 saturated heterocycles. The average molecular weight is 612 g/mol. The molecule has 4 rings (SSSR count). The van der Waals surface area contributed by atoms with E-state index in [4.69, 9.17) is 9.47 Å². The number of amides is 2. The second-order valence-corrected chi connectivity index (χ2v) is 12.6. The Bertz CT molecular complexity index is 1500. The van der Waals surface area contributed by atoms with Crippen LogP contribution in [0.1, 0.15) is 36.8 Å². The van der Waals surface area contributed by atoms with E-state index >= 15 is 0 Å². The molecule has 0 bridgehead atoms. The largest absolute Gasteiger partial charge is 0.493 e. The molecule has 0 unspecified atom stereocenters. The number of nitrogens with one attached hydrogen (secondary N) is 1. The first-order chi connectivity index (χ1) is 20.6. The van der Waals surface area contributed by atoms with E-state index < -0.39 is 34.3 Å². The van der Waals surface area contributed by atoms with Crippen molar-refractivity contribution in [3.05, 3.63) is 89.7 Å². The van der Waals surface area contributed by atoms with E-state index in [1.807, 2.05) is 30.3 Å². The third kappa shape index (κ3) is 8.47. The van der Waals surface area contributed by atoms with Crippen molar-refractivity contribution in [2.45, 2.75) is 50.7 Å². The SMILES string of the molecule is COc1ccc(N(CC(=O)N(Cc2ccc(F)cc2)[C@H](Cc2ccccc2)C(=O)NC2CCCC2)S(C)(=O)=O)cc1OC. The second-order valence-electron chi connectivity index (χ2n) is 10.7. The van der Waals surface area contributed by atoms with Crippen molar-refractivity contribution in [1.82, 2.24) is 10.2 Å². The van der Waals surface area contributed by atoms with Crippen LogP contribution in [-0.2, 0) is 32.6 Å². The molecule has 9 nitrogen and oxygen atoms in total. The van der Waals surface area contributed by atoms with Crippen LogP contribution in [0.15, 0.2) is 72.8 Å². The molecule has 0 radical (unpaired) electrons. The van der Waals surface area contributed by atoms with Crippen molar-refractivity contribution in [2.24, 2.45) is 0 Å². The molecule has 230 valence electrons. The van der Waals surface area contributed by atoms with Crippen molar-refractivity contribution in [3.63, 3.8) is 0 Å². The van der Waals surface area contributed by atoms with Crippen molar-refractivity contribution < 1.29 is 31.9 Å². The maximum absolute atomic E-state index is 14.2. The Hall–Kier alpha value is -4.12. The van der Waals surface area contributed by atoms with Gasteiger partial charge in [-0.05, 0) is 48.2 Å². The summed E-state index contributed by atoms with van der Waals surface area (Å²) >= 11 is 0. The van der Waals surface area contributed by atoms with Crippen LogP contribution in [0.25, 0.3) is 0 Å². The monoisotopic (exact) mass is 611 g/mol. The number of benzene rings is 3. The van der Waals surface area contributed by atoms with E-state index in [2.05, 4.69) is 5.32 Å². The van der Waals surface area contributed by atoms with Gasteiger partial charge in [0, 0.05) is 25.1 Å². The fourth-order valence-electron chi connectivity index (χ4n) is 5.30. The lowest BCUT2D eigenvalue weighted by Crippen LogP contribution is -2.54. The number of methoxy groups -OCH3 is 2. The summed E-state index contributed by atoms with van der Waals surface area (Å²) in [7, 11) is -1.06. The van der Waals surface area contributed by atoms with Gasteiger partial charge in [-0.1, -0.05) is 55.3 Å². The van der Waals surface area contributed by atoms with Crippen LogP contribution in [0.4, 0.5) is 10.1 Å². The van der Waals surface area contributed by atoms with Gasteiger partial charge in [-0.15, -0.1) is 0 Å². The van der Waals surface area contributed by atoms with Gasteiger partial charge >= 0.3 is 0 Å². The van der Waals surface area contributed by atoms with Gasteiger partial charge in [0.1, 0.15) is 18.4 Å². The van der Waals surface area contributed by atoms with E-state index in [1.54, 1.807) is 18.2 Å². The molecule has 0 spiro atoms. The fourth-order valence-corrected chi connectivity index (χ4v) is 6.14. The standard InChI is InChI=1S/C32H38FN3O6S/c1-41-29-18-17-27(20-30(29)42-2)36(43(3,39)40)22-31(37)35(21-24-13-15-25(33)16-14-24)28(19-23-9-5-4-6-10-23)32(38)34-26-11-7-8-12-26/h4-6,9-10,13-18,20,26,28H,7-8,11-12,19,21-22H2,1-3H3,(H,34,38)/t28-/m1/s1. The molecule has 3 aromatic carbocycles. The van der Waals surface area contributed by atoms with Gasteiger partial charge in [-0.25, -0.2) is 12.8 Å². The minimum absolute atomic E-state index is 0.00725. The molecule has 0 aromatic heterocycles. The van der Waals surface area contributed by atoms with Gasteiger partial charge < -0.3 is 19.7 Å². The number of sulfonamides is 1. The minimum Gasteiger partial charge on any atom is -0.493 e. The van der Waals surface area contributed by atoms with E-state index in [0.717, 1.165) is 41.8 Å². The van der Waals surface area contributed by atoms with Crippen molar-refractivity contribution >= 4 is 27.5 Å². The van der Waals surface area contributed by atoms with Gasteiger partial charge in [0.15, 0.2) is 11.5 Å². The Balaban J connectivity index is 1.73. The third-order valence-corrected chi connectivity index (χ3v) is 8.71. The summed E-state index contributed by atoms with van der Waals surface area (Å²) < 4.78 is 51.4. The molecule has 1 aliphatic carbocycles. The van der Waals surface area contributed by atoms with Crippen LogP contribution in [0.2, 0.25) is 0 Å². The fraction of sp³-hybridized carbons (Fsp3) is 0.375. The Morgan fingerprint density at radius 3 is 2.19 bits per heavy atom. The normalized spacial score (nSPS) is 14.1. The topological polar surface area (TPSA) is 105 Å². The summed E-state index contributed by atoms with van der Waals surface area (Å²) in [6, 6.07) is 18.6. The molecular weight excluding hydrogens is 573 g/mol. The predicted molar refractivity (Wildman–Crippen MR) is 163 cm³/mol. The number of halogens is 1. The molecule has 11 heteroatoms. The highest BCUT2D eigenvalue weighted by atomic mass is 32.2. The molecule has 1 saturated carbocycles. The highest BCUT2D eigenvalue weighted by molar-refractivity contribution is 7.92. The first-order valence-electron chi connectivity index (χ1n) is 14.2. The number of anilines is 1. The number of hydrogen-bond acceptors (Lipinski definition) is 6. The summed E-state index contributed by atoms with van der Waals surface area (Å²) in [4.78, 5) is 29.5. The van der Waals surface area contributed by atoms with Gasteiger partial charge in [-0.3, -0.25) is 13.9 Å². The zero-order valence-corrected chi connectivity index (χ0v) is 25.5. The Morgan fingerprint density at radius 2 is 1.58 bits per heavy atom. The number of carbonyl (C=O) groups is 2. The van der Waals surface area contributed by atoms with E-state index in [-0.39, 0.29) is 30.6 Å². The zero-order valence-electron chi connectivity index (χ0n) is 24.7. The van der Waals surface area contributed by atoms with E-state index in [1.165, 1.54) is 43.4 Å². The van der Waals surface area contributed by atoms with Gasteiger partial charge in [0.25, 0.3) is 0 Å². The average Bonchev–Trinajstić information content (AvgIpc) is 3.51. The minimum atomic E-state index is -3.95. The summed E-state index contributed by atoms with van der Waals surface area (Å²) in [5.74, 6) is -0.647. The lowest BCUT2D eigenvalue weighted by atomic mass is 10.0. The predicted octanol–water partition coefficient (Wildman–Crippen LogP) is 4.31. The van der Waals surface area contributed by atoms with E-state index in [0.29, 0.717) is 17.1 Å². The molecule has 43 heavy (non-hydrogen) atoms. The molecule has 1 aliphatic rings. The molecule has 1 atom stereocenters. The first-order valence-corrected chi connectivity index (χ1v) is 16.0. The van der Waals surface area contributed by atoms with Crippen LogP contribution in [0, 0.1) is 5.82 Å². The smallest absolute Gasteiger partial charge is 0.244 e. The van der Waals surface area contributed by atoms with Crippen molar-refractivity contribution in [3.8, 4) is 11.5 Å². The Labute approximate surface area is 252 Å². The van der Waals surface area contributed by atoms with Crippen molar-refractivity contribution in [1.29, 1.82) is 0 Å². The molecule has 2 amide bonds. The molecule has 1 N–H and O–H groups in total. The molecular formula is C32H38FN3O6S. The third-order valence-electron chi connectivity index (χ3n) is 7.57. The number of carbonyl (C=O) groups excluding carboxylic acids is 2. The van der Waals surface area contributed by atoms with Gasteiger partial charge in [-0.2, -0.15) is 0 Å². The summed E-state index contributed by atoms with van der Waals surface area (Å²) in [6.45, 7) is -0.601. The summed E-state index contributed by atoms with van der Waals surface area (Å²) in [6.07, 6.45) is 4.97. The Morgan fingerprint density at radius 1 is 0.930 bits per heavy atom. The van der Waals surface area contributed by atoms with Crippen molar-refractivity contribution in [2.75, 3.05) is 31.3 Å². The van der Waals surface area contributed by atoms with Crippen LogP contribution < -0.4 is 19.1 Å². The van der Waals surface area contributed by atoms with Crippen LogP contribution in [0.3, 0.4) is 0 Å². The quantitative estimate of drug-likeness (QED) is 0.309. The highest BCUT2D eigenvalue weighted by Gasteiger charge is 2.34. The number of nitrogens with zero attached hydrogens (tertiary/aromatic N) is 2. The van der Waals surface area contributed by atoms with Crippen LogP contribution in [-0.4, -0.2) is 64.2 Å². The zero-order chi connectivity index (χ0) is 31.0. The molecule has 0 heterocycles.